The molecule has 0 aliphatic carbocycles. The van der Waals surface area contributed by atoms with Gasteiger partial charge in [-0.2, -0.15) is 10.2 Å². The van der Waals surface area contributed by atoms with Crippen molar-refractivity contribution in [1.29, 1.82) is 0 Å². The summed E-state index contributed by atoms with van der Waals surface area (Å²) in [5.41, 5.74) is 3.10. The maximum Gasteiger partial charge on any atom is 0.328 e. The van der Waals surface area contributed by atoms with Gasteiger partial charge >= 0.3 is 5.97 Å². The molecule has 0 bridgehead atoms. The molecule has 2 heterocycles. The first-order chi connectivity index (χ1) is 13.3. The molecule has 9 heteroatoms. The molecule has 146 valence electrons. The molecule has 0 fully saturated rings. The SMILES string of the molecule is Cc1nn(Cc2ccccc2Cl)c(C)c1NC(=O)c1ccn(C(C)C(=O)O)n1. The Hall–Kier alpha value is -3.13. The van der Waals surface area contributed by atoms with E-state index in [1.54, 1.807) is 11.6 Å². The van der Waals surface area contributed by atoms with Crippen molar-refractivity contribution in [2.75, 3.05) is 5.32 Å². The zero-order chi connectivity index (χ0) is 20.4. The van der Waals surface area contributed by atoms with Gasteiger partial charge in [-0.3, -0.25) is 14.2 Å². The lowest BCUT2D eigenvalue weighted by molar-refractivity contribution is -0.140. The minimum Gasteiger partial charge on any atom is -0.480 e. The van der Waals surface area contributed by atoms with Gasteiger partial charge in [0.25, 0.3) is 5.91 Å². The number of aromatic nitrogens is 4. The normalized spacial score (nSPS) is 12.0. The average Bonchev–Trinajstić information content (AvgIpc) is 3.24. The number of halogens is 1. The number of aliphatic carboxylic acids is 1. The molecule has 3 rings (SSSR count). The molecule has 8 nitrogen and oxygen atoms in total. The van der Waals surface area contributed by atoms with Crippen molar-refractivity contribution in [2.45, 2.75) is 33.4 Å². The van der Waals surface area contributed by atoms with E-state index in [1.807, 2.05) is 31.2 Å². The first-order valence-electron chi connectivity index (χ1n) is 8.64. The van der Waals surface area contributed by atoms with E-state index in [-0.39, 0.29) is 5.69 Å². The molecule has 0 spiro atoms. The fourth-order valence-corrected chi connectivity index (χ4v) is 2.98. The Labute approximate surface area is 166 Å². The molecule has 2 aromatic heterocycles. The monoisotopic (exact) mass is 401 g/mol. The van der Waals surface area contributed by atoms with Gasteiger partial charge in [-0.25, -0.2) is 4.79 Å². The summed E-state index contributed by atoms with van der Waals surface area (Å²) >= 11 is 6.22. The minimum absolute atomic E-state index is 0.130. The highest BCUT2D eigenvalue weighted by Crippen LogP contribution is 2.23. The molecule has 1 amide bonds. The molecule has 1 unspecified atom stereocenters. The van der Waals surface area contributed by atoms with Crippen molar-refractivity contribution < 1.29 is 14.7 Å². The summed E-state index contributed by atoms with van der Waals surface area (Å²) < 4.78 is 3.01. The molecule has 1 aromatic carbocycles. The molecule has 3 aromatic rings. The third kappa shape index (κ3) is 3.91. The number of nitrogens with zero attached hydrogens (tertiary/aromatic N) is 4. The fourth-order valence-electron chi connectivity index (χ4n) is 2.79. The molecular formula is C19H20ClN5O3. The van der Waals surface area contributed by atoms with E-state index in [0.29, 0.717) is 22.9 Å². The van der Waals surface area contributed by atoms with Gasteiger partial charge in [0.2, 0.25) is 0 Å². The first kappa shape index (κ1) is 19.6. The largest absolute Gasteiger partial charge is 0.480 e. The molecule has 0 saturated carbocycles. The lowest BCUT2D eigenvalue weighted by Crippen LogP contribution is -2.18. The number of nitrogens with one attached hydrogen (secondary N) is 1. The second-order valence-corrected chi connectivity index (χ2v) is 6.85. The van der Waals surface area contributed by atoms with Crippen LogP contribution in [0.2, 0.25) is 5.02 Å². The van der Waals surface area contributed by atoms with Gasteiger partial charge in [-0.15, -0.1) is 0 Å². The van der Waals surface area contributed by atoms with Gasteiger partial charge in [0, 0.05) is 11.2 Å². The van der Waals surface area contributed by atoms with Gasteiger partial charge in [0.05, 0.1) is 23.6 Å². The topological polar surface area (TPSA) is 102 Å². The van der Waals surface area contributed by atoms with E-state index < -0.39 is 17.9 Å². The average molecular weight is 402 g/mol. The number of anilines is 1. The predicted octanol–water partition coefficient (Wildman–Crippen LogP) is 3.30. The summed E-state index contributed by atoms with van der Waals surface area (Å²) in [6.45, 7) is 5.63. The maximum atomic E-state index is 12.6. The lowest BCUT2D eigenvalue weighted by atomic mass is 10.2. The van der Waals surface area contributed by atoms with E-state index in [1.165, 1.54) is 23.9 Å². The number of aryl methyl sites for hydroxylation is 1. The Morgan fingerprint density at radius 3 is 2.61 bits per heavy atom. The molecule has 0 aliphatic heterocycles. The van der Waals surface area contributed by atoms with Crippen molar-refractivity contribution in [2.24, 2.45) is 0 Å². The number of benzene rings is 1. The van der Waals surface area contributed by atoms with Gasteiger partial charge < -0.3 is 10.4 Å². The first-order valence-corrected chi connectivity index (χ1v) is 9.02. The second-order valence-electron chi connectivity index (χ2n) is 6.44. The van der Waals surface area contributed by atoms with Crippen LogP contribution in [0.25, 0.3) is 0 Å². The molecule has 0 saturated heterocycles. The van der Waals surface area contributed by atoms with Crippen LogP contribution in [-0.4, -0.2) is 36.5 Å². The van der Waals surface area contributed by atoms with Crippen molar-refractivity contribution in [3.8, 4) is 0 Å². The van der Waals surface area contributed by atoms with E-state index >= 15 is 0 Å². The van der Waals surface area contributed by atoms with Crippen LogP contribution in [-0.2, 0) is 11.3 Å². The maximum absolute atomic E-state index is 12.6. The fraction of sp³-hybridized carbons (Fsp3) is 0.263. The van der Waals surface area contributed by atoms with Crippen LogP contribution < -0.4 is 5.32 Å². The summed E-state index contributed by atoms with van der Waals surface area (Å²) in [5, 5.41) is 21.1. The lowest BCUT2D eigenvalue weighted by Gasteiger charge is -2.08. The summed E-state index contributed by atoms with van der Waals surface area (Å²) in [6.07, 6.45) is 1.47. The van der Waals surface area contributed by atoms with Crippen molar-refractivity contribution in [3.05, 3.63) is 64.2 Å². The smallest absolute Gasteiger partial charge is 0.328 e. The van der Waals surface area contributed by atoms with E-state index in [2.05, 4.69) is 15.5 Å². The molecule has 2 N–H and O–H groups in total. The molecule has 0 aliphatic rings. The van der Waals surface area contributed by atoms with Crippen LogP contribution in [0.4, 0.5) is 5.69 Å². The highest BCUT2D eigenvalue weighted by atomic mass is 35.5. The summed E-state index contributed by atoms with van der Waals surface area (Å²) in [5.74, 6) is -1.46. The van der Waals surface area contributed by atoms with Gasteiger partial charge in [-0.1, -0.05) is 29.8 Å². The minimum atomic E-state index is -1.03. The Balaban J connectivity index is 1.79. The van der Waals surface area contributed by atoms with E-state index in [4.69, 9.17) is 16.7 Å². The number of amides is 1. The Morgan fingerprint density at radius 1 is 1.21 bits per heavy atom. The highest BCUT2D eigenvalue weighted by Gasteiger charge is 2.20. The van der Waals surface area contributed by atoms with Gasteiger partial charge in [0.1, 0.15) is 6.04 Å². The zero-order valence-corrected chi connectivity index (χ0v) is 16.4. The molecule has 1 atom stereocenters. The molecule has 28 heavy (non-hydrogen) atoms. The highest BCUT2D eigenvalue weighted by molar-refractivity contribution is 6.31. The number of carbonyl (C=O) groups is 2. The Kier molecular flexibility index (Phi) is 5.51. The molecular weight excluding hydrogens is 382 g/mol. The number of carboxylic acids is 1. The second kappa shape index (κ2) is 7.85. The summed E-state index contributed by atoms with van der Waals surface area (Å²) in [7, 11) is 0. The van der Waals surface area contributed by atoms with Crippen LogP contribution in [0.15, 0.2) is 36.5 Å². The van der Waals surface area contributed by atoms with Crippen LogP contribution in [0.5, 0.6) is 0 Å². The number of hydrogen-bond acceptors (Lipinski definition) is 4. The Morgan fingerprint density at radius 2 is 1.93 bits per heavy atom. The van der Waals surface area contributed by atoms with E-state index in [0.717, 1.165) is 11.3 Å². The van der Waals surface area contributed by atoms with Crippen molar-refractivity contribution in [3.63, 3.8) is 0 Å². The quantitative estimate of drug-likeness (QED) is 0.659. The third-order valence-corrected chi connectivity index (χ3v) is 4.86. The van der Waals surface area contributed by atoms with Crippen LogP contribution in [0, 0.1) is 13.8 Å². The van der Waals surface area contributed by atoms with Gasteiger partial charge in [0.15, 0.2) is 5.69 Å². The van der Waals surface area contributed by atoms with Crippen LogP contribution in [0.1, 0.15) is 40.4 Å². The number of rotatable bonds is 6. The standard InChI is InChI=1S/C19H20ClN5O3/c1-11-17(12(2)25(22-11)10-14-6-4-5-7-15(14)20)21-18(26)16-8-9-24(23-16)13(3)19(27)28/h4-9,13H,10H2,1-3H3,(H,21,26)(H,27,28). The zero-order valence-electron chi connectivity index (χ0n) is 15.7. The number of hydrogen-bond donors (Lipinski definition) is 2. The van der Waals surface area contributed by atoms with Crippen molar-refractivity contribution >= 4 is 29.2 Å². The number of carboxylic acid groups (broad SMARTS) is 1. The predicted molar refractivity (Wildman–Crippen MR) is 105 cm³/mol. The van der Waals surface area contributed by atoms with Crippen LogP contribution >= 0.6 is 11.6 Å². The Bertz CT molecular complexity index is 1040. The number of carbonyl (C=O) groups excluding carboxylic acids is 1. The molecule has 0 radical (unpaired) electrons. The third-order valence-electron chi connectivity index (χ3n) is 4.49. The van der Waals surface area contributed by atoms with Crippen molar-refractivity contribution in [1.82, 2.24) is 19.6 Å². The summed E-state index contributed by atoms with van der Waals surface area (Å²) in [4.78, 5) is 23.6. The van der Waals surface area contributed by atoms with Crippen LogP contribution in [0.3, 0.4) is 0 Å². The van der Waals surface area contributed by atoms with Gasteiger partial charge in [-0.05, 0) is 38.5 Å². The summed E-state index contributed by atoms with van der Waals surface area (Å²) in [6, 6.07) is 8.14. The van der Waals surface area contributed by atoms with E-state index in [9.17, 15) is 9.59 Å².